The van der Waals surface area contributed by atoms with Crippen molar-refractivity contribution in [2.45, 2.75) is 23.1 Å². The fourth-order valence-corrected chi connectivity index (χ4v) is 1.39. The summed E-state index contributed by atoms with van der Waals surface area (Å²) >= 11 is 16.1. The molecule has 0 aromatic rings. The summed E-state index contributed by atoms with van der Waals surface area (Å²) in [7, 11) is 0. The van der Waals surface area contributed by atoms with Gasteiger partial charge in [-0.2, -0.15) is 0 Å². The van der Waals surface area contributed by atoms with Crippen molar-refractivity contribution >= 4 is 47.0 Å². The van der Waals surface area contributed by atoms with Crippen LogP contribution in [0.25, 0.3) is 0 Å². The zero-order chi connectivity index (χ0) is 10.6. The number of carbonyl (C=O) groups is 1. The van der Waals surface area contributed by atoms with Gasteiger partial charge in [0.05, 0.1) is 6.34 Å². The van der Waals surface area contributed by atoms with E-state index in [1.807, 2.05) is 4.90 Å². The van der Waals surface area contributed by atoms with Crippen LogP contribution in [0.5, 0.6) is 0 Å². The number of rotatable bonds is 1. The number of alkyl halides is 3. The SMILES string of the molecule is O=C(N=CN1CCCCC1)C(Cl)(Cl)Cl. The average molecular weight is 258 g/mol. The highest BCUT2D eigenvalue weighted by atomic mass is 35.6. The van der Waals surface area contributed by atoms with E-state index in [9.17, 15) is 4.79 Å². The quantitative estimate of drug-likeness (QED) is 0.410. The Morgan fingerprint density at radius 2 is 1.79 bits per heavy atom. The van der Waals surface area contributed by atoms with Crippen molar-refractivity contribution < 1.29 is 4.79 Å². The third kappa shape index (κ3) is 4.03. The first-order valence-electron chi connectivity index (χ1n) is 4.39. The van der Waals surface area contributed by atoms with Gasteiger partial charge in [0.15, 0.2) is 0 Å². The van der Waals surface area contributed by atoms with Crippen molar-refractivity contribution in [2.24, 2.45) is 4.99 Å². The predicted octanol–water partition coefficient (Wildman–Crippen LogP) is 2.40. The Hall–Kier alpha value is 0.01000. The van der Waals surface area contributed by atoms with Gasteiger partial charge in [-0.3, -0.25) is 4.79 Å². The number of hydrogen-bond donors (Lipinski definition) is 0. The first-order chi connectivity index (χ1) is 6.50. The molecule has 1 amide bonds. The topological polar surface area (TPSA) is 32.7 Å². The number of piperidine rings is 1. The Balaban J connectivity index is 2.42. The van der Waals surface area contributed by atoms with Gasteiger partial charge >= 0.3 is 0 Å². The molecule has 0 aromatic heterocycles. The molecule has 1 aliphatic heterocycles. The van der Waals surface area contributed by atoms with Crippen molar-refractivity contribution in [1.29, 1.82) is 0 Å². The molecule has 0 radical (unpaired) electrons. The van der Waals surface area contributed by atoms with Crippen molar-refractivity contribution in [3.05, 3.63) is 0 Å². The standard InChI is InChI=1S/C8H11Cl3N2O/c9-8(10,11)7(14)12-6-13-4-2-1-3-5-13/h6H,1-5H2. The number of nitrogens with zero attached hydrogens (tertiary/aromatic N) is 2. The third-order valence-corrected chi connectivity index (χ3v) is 2.46. The van der Waals surface area contributed by atoms with Gasteiger partial charge in [0.2, 0.25) is 0 Å². The summed E-state index contributed by atoms with van der Waals surface area (Å²) in [6.07, 6.45) is 4.92. The lowest BCUT2D eigenvalue weighted by atomic mass is 10.1. The molecule has 0 N–H and O–H groups in total. The lowest BCUT2D eigenvalue weighted by Gasteiger charge is -2.23. The molecule has 1 aliphatic rings. The Morgan fingerprint density at radius 1 is 1.21 bits per heavy atom. The average Bonchev–Trinajstić information content (AvgIpc) is 2.14. The molecule has 0 bridgehead atoms. The summed E-state index contributed by atoms with van der Waals surface area (Å²) in [5.41, 5.74) is 0. The normalized spacial score (nSPS) is 18.9. The smallest absolute Gasteiger partial charge is 0.299 e. The van der Waals surface area contributed by atoms with Gasteiger partial charge in [-0.15, -0.1) is 0 Å². The summed E-state index contributed by atoms with van der Waals surface area (Å²) in [6, 6.07) is 0. The first kappa shape index (κ1) is 12.1. The molecule has 0 spiro atoms. The summed E-state index contributed by atoms with van der Waals surface area (Å²) < 4.78 is -1.94. The Labute approximate surface area is 98.0 Å². The molecule has 0 aromatic carbocycles. The predicted molar refractivity (Wildman–Crippen MR) is 59.2 cm³/mol. The lowest BCUT2D eigenvalue weighted by Crippen LogP contribution is -2.29. The van der Waals surface area contributed by atoms with E-state index in [2.05, 4.69) is 4.99 Å². The maximum atomic E-state index is 11.1. The largest absolute Gasteiger partial charge is 0.363 e. The van der Waals surface area contributed by atoms with E-state index >= 15 is 0 Å². The van der Waals surface area contributed by atoms with Crippen molar-refractivity contribution in [3.8, 4) is 0 Å². The molecule has 1 fully saturated rings. The minimum atomic E-state index is -1.94. The Kier molecular flexibility index (Phi) is 4.48. The summed E-state index contributed by atoms with van der Waals surface area (Å²) in [6.45, 7) is 1.83. The van der Waals surface area contributed by atoms with E-state index in [0.29, 0.717) is 0 Å². The monoisotopic (exact) mass is 256 g/mol. The van der Waals surface area contributed by atoms with Crippen molar-refractivity contribution in [3.63, 3.8) is 0 Å². The van der Waals surface area contributed by atoms with Gasteiger partial charge in [-0.1, -0.05) is 34.8 Å². The molecule has 14 heavy (non-hydrogen) atoms. The van der Waals surface area contributed by atoms with Crippen LogP contribution in [0.2, 0.25) is 0 Å². The maximum Gasteiger partial charge on any atom is 0.299 e. The lowest BCUT2D eigenvalue weighted by molar-refractivity contribution is -0.116. The van der Waals surface area contributed by atoms with Gasteiger partial charge in [-0.05, 0) is 19.3 Å². The molecule has 1 saturated heterocycles. The van der Waals surface area contributed by atoms with E-state index < -0.39 is 9.70 Å². The second-order valence-electron chi connectivity index (χ2n) is 3.14. The highest BCUT2D eigenvalue weighted by Crippen LogP contribution is 2.27. The maximum absolute atomic E-state index is 11.1. The summed E-state index contributed by atoms with van der Waals surface area (Å²) in [5, 5.41) is 0. The van der Waals surface area contributed by atoms with Gasteiger partial charge < -0.3 is 4.90 Å². The van der Waals surface area contributed by atoms with Crippen LogP contribution in [0.3, 0.4) is 0 Å². The molecule has 80 valence electrons. The second-order valence-corrected chi connectivity index (χ2v) is 5.43. The minimum Gasteiger partial charge on any atom is -0.363 e. The summed E-state index contributed by atoms with van der Waals surface area (Å²) in [4.78, 5) is 16.6. The highest BCUT2D eigenvalue weighted by Gasteiger charge is 2.30. The highest BCUT2D eigenvalue weighted by molar-refractivity contribution is 6.76. The second kappa shape index (κ2) is 5.19. The molecule has 0 saturated carbocycles. The van der Waals surface area contributed by atoms with E-state index in [0.717, 1.165) is 25.9 Å². The number of halogens is 3. The Bertz CT molecular complexity index is 231. The number of aliphatic imine (C=N–C) groups is 1. The zero-order valence-corrected chi connectivity index (χ0v) is 9.82. The fourth-order valence-electron chi connectivity index (χ4n) is 1.24. The van der Waals surface area contributed by atoms with E-state index in [-0.39, 0.29) is 0 Å². The molecule has 6 heteroatoms. The van der Waals surface area contributed by atoms with E-state index in [1.165, 1.54) is 12.8 Å². The molecule has 0 aliphatic carbocycles. The van der Waals surface area contributed by atoms with Crippen molar-refractivity contribution in [2.75, 3.05) is 13.1 Å². The molecule has 3 nitrogen and oxygen atoms in total. The minimum absolute atomic E-state index is 0.743. The van der Waals surface area contributed by atoms with Gasteiger partial charge in [-0.25, -0.2) is 4.99 Å². The molecule has 0 unspecified atom stereocenters. The number of amides is 1. The zero-order valence-electron chi connectivity index (χ0n) is 7.55. The van der Waals surface area contributed by atoms with Crippen LogP contribution in [-0.2, 0) is 4.79 Å². The van der Waals surface area contributed by atoms with E-state index in [1.54, 1.807) is 0 Å². The molecular formula is C8H11Cl3N2O. The Morgan fingerprint density at radius 3 is 2.29 bits per heavy atom. The van der Waals surface area contributed by atoms with Gasteiger partial charge in [0.25, 0.3) is 9.70 Å². The van der Waals surface area contributed by atoms with Crippen LogP contribution in [0.1, 0.15) is 19.3 Å². The number of likely N-dealkylation sites (tertiary alicyclic amines) is 1. The molecule has 1 rings (SSSR count). The van der Waals surface area contributed by atoms with E-state index in [4.69, 9.17) is 34.8 Å². The van der Waals surface area contributed by atoms with Crippen LogP contribution < -0.4 is 0 Å². The fraction of sp³-hybridized carbons (Fsp3) is 0.750. The van der Waals surface area contributed by atoms with Crippen LogP contribution >= 0.6 is 34.8 Å². The summed E-state index contributed by atoms with van der Waals surface area (Å²) in [5.74, 6) is -0.743. The van der Waals surface area contributed by atoms with Crippen LogP contribution in [0, 0.1) is 0 Å². The van der Waals surface area contributed by atoms with Crippen LogP contribution in [0.4, 0.5) is 0 Å². The third-order valence-electron chi connectivity index (χ3n) is 1.97. The number of carbonyl (C=O) groups excluding carboxylic acids is 1. The first-order valence-corrected chi connectivity index (χ1v) is 5.53. The molecule has 1 heterocycles. The van der Waals surface area contributed by atoms with Crippen LogP contribution in [0.15, 0.2) is 4.99 Å². The van der Waals surface area contributed by atoms with Crippen molar-refractivity contribution in [1.82, 2.24) is 4.90 Å². The van der Waals surface area contributed by atoms with Gasteiger partial charge in [0, 0.05) is 13.1 Å². The van der Waals surface area contributed by atoms with Crippen LogP contribution in [-0.4, -0.2) is 34.0 Å². The number of hydrogen-bond acceptors (Lipinski definition) is 1. The molecule has 0 atom stereocenters. The molecular weight excluding hydrogens is 246 g/mol. The van der Waals surface area contributed by atoms with Gasteiger partial charge in [0.1, 0.15) is 0 Å².